The van der Waals surface area contributed by atoms with Gasteiger partial charge in [-0.2, -0.15) is 0 Å². The molecule has 0 aliphatic rings. The van der Waals surface area contributed by atoms with Crippen LogP contribution in [0, 0.1) is 5.82 Å². The smallest absolute Gasteiger partial charge is 0.123 e. The van der Waals surface area contributed by atoms with Crippen molar-refractivity contribution in [2.45, 2.75) is 10.1 Å². The van der Waals surface area contributed by atoms with Gasteiger partial charge in [-0.3, -0.25) is 4.98 Å². The molecule has 0 amide bonds. The number of rotatable bonds is 5. The quantitative estimate of drug-likeness (QED) is 0.609. The van der Waals surface area contributed by atoms with E-state index in [0.29, 0.717) is 0 Å². The molecule has 116 valence electrons. The van der Waals surface area contributed by atoms with Crippen molar-refractivity contribution in [3.63, 3.8) is 0 Å². The Morgan fingerprint density at radius 1 is 0.957 bits per heavy atom. The standard InChI is InChI=1S/C19H16FNOS/c1-22-16-9-5-14(6-10-16)19(18-4-2-3-13-21-18)23-17-11-7-15(20)8-12-17/h2-13,19H,1H3. The lowest BCUT2D eigenvalue weighted by Crippen LogP contribution is -1.99. The molecule has 1 unspecified atom stereocenters. The minimum absolute atomic E-state index is 0.0348. The zero-order chi connectivity index (χ0) is 16.1. The van der Waals surface area contributed by atoms with Crippen LogP contribution in [0.15, 0.2) is 77.8 Å². The third-order valence-corrected chi connectivity index (χ3v) is 4.74. The highest BCUT2D eigenvalue weighted by Crippen LogP contribution is 2.39. The molecule has 0 radical (unpaired) electrons. The summed E-state index contributed by atoms with van der Waals surface area (Å²) in [5.41, 5.74) is 2.09. The van der Waals surface area contributed by atoms with Crippen LogP contribution < -0.4 is 4.74 Å². The summed E-state index contributed by atoms with van der Waals surface area (Å²) < 4.78 is 18.3. The molecule has 2 aromatic carbocycles. The highest BCUT2D eigenvalue weighted by atomic mass is 32.2. The van der Waals surface area contributed by atoms with Crippen molar-refractivity contribution in [2.75, 3.05) is 7.11 Å². The van der Waals surface area contributed by atoms with Gasteiger partial charge in [-0.15, -0.1) is 11.8 Å². The molecule has 2 nitrogen and oxygen atoms in total. The normalized spacial score (nSPS) is 11.9. The minimum Gasteiger partial charge on any atom is -0.497 e. The molecule has 1 heterocycles. The van der Waals surface area contributed by atoms with Gasteiger partial charge in [0.25, 0.3) is 0 Å². The Morgan fingerprint density at radius 2 is 1.70 bits per heavy atom. The average molecular weight is 325 g/mol. The Morgan fingerprint density at radius 3 is 2.30 bits per heavy atom. The predicted octanol–water partition coefficient (Wildman–Crippen LogP) is 5.11. The van der Waals surface area contributed by atoms with Crippen LogP contribution in [0.4, 0.5) is 4.39 Å². The van der Waals surface area contributed by atoms with Crippen molar-refractivity contribution < 1.29 is 9.13 Å². The summed E-state index contributed by atoms with van der Waals surface area (Å²) in [5.74, 6) is 0.591. The SMILES string of the molecule is COc1ccc(C(Sc2ccc(F)cc2)c2ccccn2)cc1. The van der Waals surface area contributed by atoms with Crippen molar-refractivity contribution in [2.24, 2.45) is 0 Å². The van der Waals surface area contributed by atoms with Gasteiger partial charge in [-0.25, -0.2) is 4.39 Å². The van der Waals surface area contributed by atoms with Gasteiger partial charge in [0.2, 0.25) is 0 Å². The number of ether oxygens (including phenoxy) is 1. The fraction of sp³-hybridized carbons (Fsp3) is 0.105. The molecule has 1 aromatic heterocycles. The zero-order valence-corrected chi connectivity index (χ0v) is 13.5. The molecule has 0 aliphatic heterocycles. The van der Waals surface area contributed by atoms with Crippen LogP contribution in [-0.2, 0) is 0 Å². The number of halogens is 1. The van der Waals surface area contributed by atoms with Crippen molar-refractivity contribution in [1.82, 2.24) is 4.98 Å². The number of hydrogen-bond acceptors (Lipinski definition) is 3. The van der Waals surface area contributed by atoms with Gasteiger partial charge in [0.05, 0.1) is 18.1 Å². The van der Waals surface area contributed by atoms with Crippen LogP contribution in [0.3, 0.4) is 0 Å². The van der Waals surface area contributed by atoms with Gasteiger partial charge in [0, 0.05) is 11.1 Å². The molecule has 0 fully saturated rings. The van der Waals surface area contributed by atoms with E-state index in [-0.39, 0.29) is 11.1 Å². The zero-order valence-electron chi connectivity index (χ0n) is 12.6. The molecule has 1 atom stereocenters. The van der Waals surface area contributed by atoms with Crippen molar-refractivity contribution in [3.05, 3.63) is 90.0 Å². The highest BCUT2D eigenvalue weighted by Gasteiger charge is 2.17. The minimum atomic E-state index is -0.229. The molecule has 0 bridgehead atoms. The van der Waals surface area contributed by atoms with Crippen LogP contribution in [0.2, 0.25) is 0 Å². The summed E-state index contributed by atoms with van der Waals surface area (Å²) in [4.78, 5) is 5.48. The Labute approximate surface area is 139 Å². The van der Waals surface area contributed by atoms with Crippen LogP contribution in [0.25, 0.3) is 0 Å². The summed E-state index contributed by atoms with van der Waals surface area (Å²) in [6.07, 6.45) is 1.79. The molecule has 23 heavy (non-hydrogen) atoms. The molecular formula is C19H16FNOS. The maximum atomic E-state index is 13.1. The number of pyridine rings is 1. The van der Waals surface area contributed by atoms with E-state index in [9.17, 15) is 4.39 Å². The maximum absolute atomic E-state index is 13.1. The molecule has 0 saturated heterocycles. The number of hydrogen-bond donors (Lipinski definition) is 0. The number of benzene rings is 2. The molecule has 0 N–H and O–H groups in total. The molecule has 0 aliphatic carbocycles. The third kappa shape index (κ3) is 3.90. The predicted molar refractivity (Wildman–Crippen MR) is 91.3 cm³/mol. The summed E-state index contributed by atoms with van der Waals surface area (Å²) in [6.45, 7) is 0. The fourth-order valence-corrected chi connectivity index (χ4v) is 3.38. The van der Waals surface area contributed by atoms with Crippen LogP contribution in [0.5, 0.6) is 5.75 Å². The fourth-order valence-electron chi connectivity index (χ4n) is 2.26. The highest BCUT2D eigenvalue weighted by molar-refractivity contribution is 7.99. The van der Waals surface area contributed by atoms with Gasteiger partial charge in [0.15, 0.2) is 0 Å². The Bertz CT molecular complexity index is 745. The number of aromatic nitrogens is 1. The van der Waals surface area contributed by atoms with Crippen molar-refractivity contribution >= 4 is 11.8 Å². The van der Waals surface area contributed by atoms with Gasteiger partial charge in [-0.1, -0.05) is 18.2 Å². The van der Waals surface area contributed by atoms with Gasteiger partial charge >= 0.3 is 0 Å². The van der Waals surface area contributed by atoms with Crippen molar-refractivity contribution in [3.8, 4) is 5.75 Å². The van der Waals surface area contributed by atoms with Crippen LogP contribution >= 0.6 is 11.8 Å². The second-order valence-corrected chi connectivity index (χ2v) is 6.16. The molecule has 3 rings (SSSR count). The lowest BCUT2D eigenvalue weighted by atomic mass is 10.1. The molecule has 0 spiro atoms. The first kappa shape index (κ1) is 15.6. The average Bonchev–Trinajstić information content (AvgIpc) is 2.62. The second-order valence-electron chi connectivity index (χ2n) is 4.98. The van der Waals surface area contributed by atoms with E-state index in [4.69, 9.17) is 4.74 Å². The second kappa shape index (κ2) is 7.29. The lowest BCUT2D eigenvalue weighted by molar-refractivity contribution is 0.414. The monoisotopic (exact) mass is 325 g/mol. The first-order valence-electron chi connectivity index (χ1n) is 7.23. The Balaban J connectivity index is 1.94. The number of methoxy groups -OCH3 is 1. The molecular weight excluding hydrogens is 309 g/mol. The molecule has 4 heteroatoms. The van der Waals surface area contributed by atoms with Gasteiger partial charge in [0.1, 0.15) is 11.6 Å². The summed E-state index contributed by atoms with van der Waals surface area (Å²) in [7, 11) is 1.65. The van der Waals surface area contributed by atoms with E-state index < -0.39 is 0 Å². The maximum Gasteiger partial charge on any atom is 0.123 e. The van der Waals surface area contributed by atoms with Crippen LogP contribution in [-0.4, -0.2) is 12.1 Å². The number of nitrogens with zero attached hydrogens (tertiary/aromatic N) is 1. The largest absolute Gasteiger partial charge is 0.497 e. The topological polar surface area (TPSA) is 22.1 Å². The summed E-state index contributed by atoms with van der Waals surface area (Å²) in [5, 5.41) is 0.0348. The Kier molecular flexibility index (Phi) is 4.93. The van der Waals surface area contributed by atoms with Crippen LogP contribution in [0.1, 0.15) is 16.5 Å². The Hall–Kier alpha value is -2.33. The van der Waals surface area contributed by atoms with Crippen molar-refractivity contribution in [1.29, 1.82) is 0 Å². The van der Waals surface area contributed by atoms with E-state index in [1.807, 2.05) is 42.5 Å². The van der Waals surface area contributed by atoms with Gasteiger partial charge < -0.3 is 4.74 Å². The summed E-state index contributed by atoms with van der Waals surface area (Å²) >= 11 is 1.65. The van der Waals surface area contributed by atoms with E-state index in [2.05, 4.69) is 4.98 Å². The molecule has 3 aromatic rings. The summed E-state index contributed by atoms with van der Waals surface area (Å²) in [6, 6.07) is 20.4. The molecule has 0 saturated carbocycles. The first-order valence-corrected chi connectivity index (χ1v) is 8.11. The van der Waals surface area contributed by atoms with E-state index in [1.165, 1.54) is 12.1 Å². The first-order chi connectivity index (χ1) is 11.3. The van der Waals surface area contributed by atoms with Gasteiger partial charge in [-0.05, 0) is 54.1 Å². The number of thioether (sulfide) groups is 1. The van der Waals surface area contributed by atoms with E-state index in [0.717, 1.165) is 21.9 Å². The lowest BCUT2D eigenvalue weighted by Gasteiger charge is -2.17. The third-order valence-electron chi connectivity index (χ3n) is 3.44. The van der Waals surface area contributed by atoms with E-state index in [1.54, 1.807) is 37.2 Å². The van der Waals surface area contributed by atoms with E-state index >= 15 is 0 Å².